The Bertz CT molecular complexity index is 520. The first-order chi connectivity index (χ1) is 12.1. The molecule has 1 aromatic carbocycles. The number of rotatable bonds is 9. The zero-order valence-electron chi connectivity index (χ0n) is 14.4. The van der Waals surface area contributed by atoms with Gasteiger partial charge in [0.15, 0.2) is 0 Å². The lowest BCUT2D eigenvalue weighted by atomic mass is 10.2. The van der Waals surface area contributed by atoms with Gasteiger partial charge < -0.3 is 14.8 Å². The summed E-state index contributed by atoms with van der Waals surface area (Å²) < 4.78 is 33.5. The molecule has 1 aromatic rings. The van der Waals surface area contributed by atoms with Crippen molar-refractivity contribution in [1.82, 2.24) is 15.1 Å². The van der Waals surface area contributed by atoms with E-state index in [0.717, 1.165) is 38.3 Å². The highest BCUT2D eigenvalue weighted by molar-refractivity contribution is 5.77. The first kappa shape index (κ1) is 19.6. The summed E-state index contributed by atoms with van der Waals surface area (Å²) in [5.41, 5.74) is 1.05. The molecule has 1 heterocycles. The molecule has 8 heteroatoms. The average molecular weight is 357 g/mol. The third-order valence-electron chi connectivity index (χ3n) is 4.02. The molecule has 1 N–H and O–H groups in total. The SMILES string of the molecule is COCCNC(=O)CN1CCN(Cc2ccc(OC(F)F)cc2)CC1. The van der Waals surface area contributed by atoms with Gasteiger partial charge in [-0.05, 0) is 17.7 Å². The second-order valence-corrected chi connectivity index (χ2v) is 5.92. The third-order valence-corrected chi connectivity index (χ3v) is 4.02. The minimum Gasteiger partial charge on any atom is -0.435 e. The van der Waals surface area contributed by atoms with Crippen molar-refractivity contribution in [1.29, 1.82) is 0 Å². The van der Waals surface area contributed by atoms with Crippen molar-refractivity contribution >= 4 is 5.91 Å². The Kier molecular flexibility index (Phi) is 8.03. The summed E-state index contributed by atoms with van der Waals surface area (Å²) in [5, 5.41) is 2.82. The summed E-state index contributed by atoms with van der Waals surface area (Å²) in [6.07, 6.45) is 0. The fraction of sp³-hybridized carbons (Fsp3) is 0.588. The molecule has 1 fully saturated rings. The number of piperazine rings is 1. The van der Waals surface area contributed by atoms with Crippen molar-refractivity contribution in [2.75, 3.05) is 53.0 Å². The molecular weight excluding hydrogens is 332 g/mol. The van der Waals surface area contributed by atoms with Crippen LogP contribution >= 0.6 is 0 Å². The summed E-state index contributed by atoms with van der Waals surface area (Å²) >= 11 is 0. The van der Waals surface area contributed by atoms with E-state index in [4.69, 9.17) is 4.74 Å². The van der Waals surface area contributed by atoms with Crippen LogP contribution in [0, 0.1) is 0 Å². The molecule has 0 aliphatic carbocycles. The molecule has 0 spiro atoms. The number of benzene rings is 1. The summed E-state index contributed by atoms with van der Waals surface area (Å²) in [4.78, 5) is 16.2. The Balaban J connectivity index is 1.68. The number of hydrogen-bond donors (Lipinski definition) is 1. The summed E-state index contributed by atoms with van der Waals surface area (Å²) in [7, 11) is 1.60. The molecule has 1 aliphatic rings. The first-order valence-electron chi connectivity index (χ1n) is 8.31. The van der Waals surface area contributed by atoms with E-state index in [1.807, 2.05) is 0 Å². The molecule has 6 nitrogen and oxygen atoms in total. The molecule has 140 valence electrons. The minimum atomic E-state index is -2.80. The van der Waals surface area contributed by atoms with Crippen molar-refractivity contribution in [3.05, 3.63) is 29.8 Å². The van der Waals surface area contributed by atoms with E-state index in [2.05, 4.69) is 19.9 Å². The smallest absolute Gasteiger partial charge is 0.387 e. The van der Waals surface area contributed by atoms with Gasteiger partial charge in [0.25, 0.3) is 0 Å². The number of alkyl halides is 2. The predicted octanol–water partition coefficient (Wildman–Crippen LogP) is 1.17. The van der Waals surface area contributed by atoms with Gasteiger partial charge >= 0.3 is 6.61 Å². The second kappa shape index (κ2) is 10.3. The zero-order chi connectivity index (χ0) is 18.1. The van der Waals surface area contributed by atoms with Crippen LogP contribution in [0.1, 0.15) is 5.56 Å². The molecule has 25 heavy (non-hydrogen) atoms. The highest BCUT2D eigenvalue weighted by Gasteiger charge is 2.19. The standard InChI is InChI=1S/C17H25F2N3O3/c1-24-11-6-20-16(23)13-22-9-7-21(8-10-22)12-14-2-4-15(5-3-14)25-17(18)19/h2-5,17H,6-13H2,1H3,(H,20,23). The number of methoxy groups -OCH3 is 1. The highest BCUT2D eigenvalue weighted by Crippen LogP contribution is 2.16. The van der Waals surface area contributed by atoms with Crippen molar-refractivity contribution in [3.8, 4) is 5.75 Å². The Labute approximate surface area is 146 Å². The van der Waals surface area contributed by atoms with Gasteiger partial charge in [0.2, 0.25) is 5.91 Å². The maximum absolute atomic E-state index is 12.1. The van der Waals surface area contributed by atoms with Crippen LogP contribution in [0.2, 0.25) is 0 Å². The van der Waals surface area contributed by atoms with Crippen molar-refractivity contribution in [2.24, 2.45) is 0 Å². The molecule has 0 radical (unpaired) electrons. The molecule has 0 saturated carbocycles. The number of amides is 1. The van der Waals surface area contributed by atoms with Crippen LogP contribution in [0.3, 0.4) is 0 Å². The van der Waals surface area contributed by atoms with E-state index in [-0.39, 0.29) is 11.7 Å². The molecular formula is C17H25F2N3O3. The third kappa shape index (κ3) is 7.33. The lowest BCUT2D eigenvalue weighted by molar-refractivity contribution is -0.122. The van der Waals surface area contributed by atoms with Gasteiger partial charge in [0, 0.05) is 46.4 Å². The minimum absolute atomic E-state index is 0.0140. The van der Waals surface area contributed by atoms with Gasteiger partial charge in [-0.25, -0.2) is 0 Å². The predicted molar refractivity (Wildman–Crippen MR) is 89.7 cm³/mol. The zero-order valence-corrected chi connectivity index (χ0v) is 14.4. The van der Waals surface area contributed by atoms with Crippen LogP contribution in [-0.2, 0) is 16.1 Å². The Morgan fingerprint density at radius 2 is 1.80 bits per heavy atom. The van der Waals surface area contributed by atoms with E-state index < -0.39 is 6.61 Å². The maximum atomic E-state index is 12.1. The van der Waals surface area contributed by atoms with Crippen LogP contribution < -0.4 is 10.1 Å². The monoisotopic (exact) mass is 357 g/mol. The molecule has 0 aromatic heterocycles. The maximum Gasteiger partial charge on any atom is 0.387 e. The molecule has 0 atom stereocenters. The molecule has 0 bridgehead atoms. The summed E-state index contributed by atoms with van der Waals surface area (Å²) in [6.45, 7) is 2.77. The van der Waals surface area contributed by atoms with Crippen LogP contribution in [0.15, 0.2) is 24.3 Å². The fourth-order valence-corrected chi connectivity index (χ4v) is 2.69. The number of carbonyl (C=O) groups excluding carboxylic acids is 1. The van der Waals surface area contributed by atoms with Crippen LogP contribution in [0.25, 0.3) is 0 Å². The lowest BCUT2D eigenvalue weighted by Crippen LogP contribution is -2.49. The number of halogens is 2. The molecule has 1 aliphatic heterocycles. The van der Waals surface area contributed by atoms with Crippen molar-refractivity contribution in [3.63, 3.8) is 0 Å². The number of hydrogen-bond acceptors (Lipinski definition) is 5. The topological polar surface area (TPSA) is 54.0 Å². The number of nitrogens with one attached hydrogen (secondary N) is 1. The van der Waals surface area contributed by atoms with Gasteiger partial charge in [-0.15, -0.1) is 0 Å². The number of ether oxygens (including phenoxy) is 2. The van der Waals surface area contributed by atoms with Gasteiger partial charge in [0.05, 0.1) is 13.2 Å². The first-order valence-corrected chi connectivity index (χ1v) is 8.31. The Morgan fingerprint density at radius 3 is 2.40 bits per heavy atom. The number of nitrogens with zero attached hydrogens (tertiary/aromatic N) is 2. The molecule has 1 saturated heterocycles. The summed E-state index contributed by atoms with van der Waals surface area (Å²) in [6, 6.07) is 6.71. The van der Waals surface area contributed by atoms with E-state index >= 15 is 0 Å². The number of carbonyl (C=O) groups is 1. The van der Waals surface area contributed by atoms with Crippen LogP contribution in [0.5, 0.6) is 5.75 Å². The summed E-state index contributed by atoms with van der Waals surface area (Å²) in [5.74, 6) is 0.183. The Morgan fingerprint density at radius 1 is 1.16 bits per heavy atom. The quantitative estimate of drug-likeness (QED) is 0.673. The molecule has 1 amide bonds. The Hall–Kier alpha value is -1.77. The highest BCUT2D eigenvalue weighted by atomic mass is 19.3. The van der Waals surface area contributed by atoms with E-state index in [0.29, 0.717) is 19.7 Å². The lowest BCUT2D eigenvalue weighted by Gasteiger charge is -2.34. The second-order valence-electron chi connectivity index (χ2n) is 5.92. The van der Waals surface area contributed by atoms with Crippen molar-refractivity contribution < 1.29 is 23.0 Å². The molecule has 0 unspecified atom stereocenters. The normalized spacial score (nSPS) is 16.2. The van der Waals surface area contributed by atoms with Gasteiger partial charge in [0.1, 0.15) is 5.75 Å². The van der Waals surface area contributed by atoms with E-state index in [1.54, 1.807) is 31.4 Å². The largest absolute Gasteiger partial charge is 0.435 e. The van der Waals surface area contributed by atoms with Gasteiger partial charge in [-0.2, -0.15) is 8.78 Å². The van der Waals surface area contributed by atoms with Gasteiger partial charge in [-0.1, -0.05) is 12.1 Å². The van der Waals surface area contributed by atoms with Crippen LogP contribution in [0.4, 0.5) is 8.78 Å². The van der Waals surface area contributed by atoms with E-state index in [1.165, 1.54) is 0 Å². The fourth-order valence-electron chi connectivity index (χ4n) is 2.69. The van der Waals surface area contributed by atoms with E-state index in [9.17, 15) is 13.6 Å². The van der Waals surface area contributed by atoms with Gasteiger partial charge in [-0.3, -0.25) is 14.6 Å². The average Bonchev–Trinajstić information content (AvgIpc) is 2.58. The van der Waals surface area contributed by atoms with Crippen LogP contribution in [-0.4, -0.2) is 75.3 Å². The van der Waals surface area contributed by atoms with Crippen molar-refractivity contribution in [2.45, 2.75) is 13.2 Å². The molecule has 2 rings (SSSR count).